The number of fused-ring (bicyclic) bond motifs is 1. The van der Waals surface area contributed by atoms with Crippen LogP contribution in [0.3, 0.4) is 0 Å². The van der Waals surface area contributed by atoms with Gasteiger partial charge in [-0.2, -0.15) is 0 Å². The second kappa shape index (κ2) is 5.35. The van der Waals surface area contributed by atoms with E-state index in [1.54, 1.807) is 11.3 Å². The number of nitrogens with zero attached hydrogens (tertiary/aromatic N) is 2. The lowest BCUT2D eigenvalue weighted by atomic mass is 10.0. The highest BCUT2D eigenvalue weighted by Gasteiger charge is 2.23. The van der Waals surface area contributed by atoms with Gasteiger partial charge >= 0.3 is 0 Å². The van der Waals surface area contributed by atoms with Crippen LogP contribution in [-0.4, -0.2) is 24.2 Å². The highest BCUT2D eigenvalue weighted by atomic mass is 35.5. The Morgan fingerprint density at radius 1 is 1.40 bits per heavy atom. The Hall–Kier alpha value is -1.10. The largest absolute Gasteiger partial charge is 0.388 e. The molecule has 0 bridgehead atoms. The van der Waals surface area contributed by atoms with Crippen LogP contribution in [0.2, 0.25) is 5.02 Å². The quantitative estimate of drug-likeness (QED) is 0.914. The van der Waals surface area contributed by atoms with Crippen molar-refractivity contribution < 1.29 is 5.11 Å². The lowest BCUT2D eigenvalue weighted by Crippen LogP contribution is -2.08. The van der Waals surface area contributed by atoms with Crippen molar-refractivity contribution in [1.82, 2.24) is 4.98 Å². The Morgan fingerprint density at radius 3 is 2.85 bits per heavy atom. The number of aromatic nitrogens is 1. The average molecular weight is 309 g/mol. The van der Waals surface area contributed by atoms with E-state index in [9.17, 15) is 5.11 Å². The molecule has 3 rings (SSSR count). The van der Waals surface area contributed by atoms with Gasteiger partial charge in [-0.15, -0.1) is 11.3 Å². The van der Waals surface area contributed by atoms with Crippen LogP contribution < -0.4 is 4.90 Å². The van der Waals surface area contributed by atoms with E-state index in [-0.39, 0.29) is 6.10 Å². The van der Waals surface area contributed by atoms with Crippen LogP contribution >= 0.6 is 22.9 Å². The maximum Gasteiger partial charge on any atom is 0.125 e. The lowest BCUT2D eigenvalue weighted by molar-refractivity contribution is 0.160. The molecule has 3 nitrogen and oxygen atoms in total. The number of thiazole rings is 1. The summed E-state index contributed by atoms with van der Waals surface area (Å²) in [4.78, 5) is 7.70. The SMILES string of the molecule is CN(C)c1ccc(-c2nc3c(s2)C(O)CCC3)c(Cl)c1. The Kier molecular flexibility index (Phi) is 3.71. The van der Waals surface area contributed by atoms with Gasteiger partial charge in [-0.05, 0) is 37.5 Å². The Morgan fingerprint density at radius 2 is 2.20 bits per heavy atom. The average Bonchev–Trinajstić information content (AvgIpc) is 2.83. The molecular formula is C15H17ClN2OS. The van der Waals surface area contributed by atoms with E-state index in [2.05, 4.69) is 4.98 Å². The molecule has 1 aliphatic carbocycles. The van der Waals surface area contributed by atoms with Gasteiger partial charge in [-0.1, -0.05) is 11.6 Å². The zero-order chi connectivity index (χ0) is 14.3. The molecule has 1 aromatic carbocycles. The van der Waals surface area contributed by atoms with Crippen LogP contribution in [0.5, 0.6) is 0 Å². The number of aryl methyl sites for hydroxylation is 1. The van der Waals surface area contributed by atoms with E-state index in [1.807, 2.05) is 37.2 Å². The summed E-state index contributed by atoms with van der Waals surface area (Å²) in [5.74, 6) is 0. The van der Waals surface area contributed by atoms with Gasteiger partial charge in [-0.25, -0.2) is 4.98 Å². The molecule has 5 heteroatoms. The molecule has 1 atom stereocenters. The summed E-state index contributed by atoms with van der Waals surface area (Å²) in [6.45, 7) is 0. The van der Waals surface area contributed by atoms with Crippen molar-refractivity contribution in [2.75, 3.05) is 19.0 Å². The minimum atomic E-state index is -0.357. The van der Waals surface area contributed by atoms with Crippen molar-refractivity contribution >= 4 is 28.6 Å². The molecule has 1 aromatic heterocycles. The normalized spacial score (nSPS) is 17.9. The standard InChI is InChI=1S/C15H17ClN2OS/c1-18(2)9-6-7-10(11(16)8-9)15-17-12-4-3-5-13(19)14(12)20-15/h6-8,13,19H,3-5H2,1-2H3. The maximum atomic E-state index is 10.0. The summed E-state index contributed by atoms with van der Waals surface area (Å²) < 4.78 is 0. The highest BCUT2D eigenvalue weighted by Crippen LogP contribution is 2.40. The second-order valence-corrected chi connectivity index (χ2v) is 6.73. The van der Waals surface area contributed by atoms with Gasteiger partial charge in [0.25, 0.3) is 0 Å². The molecule has 2 aromatic rings. The zero-order valence-electron chi connectivity index (χ0n) is 11.6. The molecule has 1 unspecified atom stereocenters. The third-order valence-corrected chi connectivity index (χ3v) is 5.17. The van der Waals surface area contributed by atoms with Crippen LogP contribution in [0.1, 0.15) is 29.5 Å². The van der Waals surface area contributed by atoms with E-state index in [0.717, 1.165) is 46.1 Å². The first-order valence-corrected chi connectivity index (χ1v) is 7.90. The third-order valence-electron chi connectivity index (χ3n) is 3.62. The Bertz CT molecular complexity index is 639. The smallest absolute Gasteiger partial charge is 0.125 e. The van der Waals surface area contributed by atoms with Gasteiger partial charge < -0.3 is 10.0 Å². The van der Waals surface area contributed by atoms with E-state index in [1.165, 1.54) is 0 Å². The zero-order valence-corrected chi connectivity index (χ0v) is 13.1. The molecule has 106 valence electrons. The van der Waals surface area contributed by atoms with E-state index in [0.29, 0.717) is 5.02 Å². The topological polar surface area (TPSA) is 36.4 Å². The monoisotopic (exact) mass is 308 g/mol. The fourth-order valence-electron chi connectivity index (χ4n) is 2.47. The first-order valence-electron chi connectivity index (χ1n) is 6.71. The van der Waals surface area contributed by atoms with E-state index >= 15 is 0 Å². The Labute approximate surface area is 127 Å². The molecule has 0 aliphatic heterocycles. The predicted molar refractivity (Wildman–Crippen MR) is 84.8 cm³/mol. The molecule has 20 heavy (non-hydrogen) atoms. The van der Waals surface area contributed by atoms with Crippen molar-refractivity contribution in [1.29, 1.82) is 0 Å². The summed E-state index contributed by atoms with van der Waals surface area (Å²) in [6.07, 6.45) is 2.44. The summed E-state index contributed by atoms with van der Waals surface area (Å²) >= 11 is 7.95. The number of aliphatic hydroxyl groups excluding tert-OH is 1. The molecule has 1 aliphatic rings. The van der Waals surface area contributed by atoms with Crippen molar-refractivity contribution in [3.63, 3.8) is 0 Å². The lowest BCUT2D eigenvalue weighted by Gasteiger charge is -2.14. The summed E-state index contributed by atoms with van der Waals surface area (Å²) in [5, 5.41) is 11.7. The number of rotatable bonds is 2. The minimum absolute atomic E-state index is 0.357. The number of benzene rings is 1. The number of anilines is 1. The molecule has 0 amide bonds. The second-order valence-electron chi connectivity index (χ2n) is 5.30. The molecule has 1 N–H and O–H groups in total. The number of halogens is 1. The van der Waals surface area contributed by atoms with Crippen LogP contribution in [0, 0.1) is 0 Å². The van der Waals surface area contributed by atoms with Crippen LogP contribution in [0.4, 0.5) is 5.69 Å². The number of hydrogen-bond acceptors (Lipinski definition) is 4. The summed E-state index contributed by atoms with van der Waals surface area (Å²) in [6, 6.07) is 6.00. The Balaban J connectivity index is 2.01. The molecule has 0 saturated carbocycles. The molecule has 0 saturated heterocycles. The van der Waals surface area contributed by atoms with E-state index < -0.39 is 0 Å². The number of hydrogen-bond donors (Lipinski definition) is 1. The molecule has 0 spiro atoms. The van der Waals surface area contributed by atoms with Gasteiger partial charge in [0.2, 0.25) is 0 Å². The van der Waals surface area contributed by atoms with Crippen molar-refractivity contribution in [2.45, 2.75) is 25.4 Å². The van der Waals surface area contributed by atoms with Gasteiger partial charge in [-0.3, -0.25) is 0 Å². The third kappa shape index (κ3) is 2.43. The van der Waals surface area contributed by atoms with Gasteiger partial charge in [0.1, 0.15) is 5.01 Å². The first-order chi connectivity index (χ1) is 9.56. The molecular weight excluding hydrogens is 292 g/mol. The van der Waals surface area contributed by atoms with Gasteiger partial charge in [0.15, 0.2) is 0 Å². The summed E-state index contributed by atoms with van der Waals surface area (Å²) in [5.41, 5.74) is 3.06. The first kappa shape index (κ1) is 13.9. The predicted octanol–water partition coefficient (Wildman–Crippen LogP) is 3.90. The minimum Gasteiger partial charge on any atom is -0.388 e. The van der Waals surface area contributed by atoms with Gasteiger partial charge in [0, 0.05) is 25.3 Å². The van der Waals surface area contributed by atoms with Crippen molar-refractivity contribution in [3.8, 4) is 10.6 Å². The van der Waals surface area contributed by atoms with Crippen LogP contribution in [0.15, 0.2) is 18.2 Å². The fraction of sp³-hybridized carbons (Fsp3) is 0.400. The maximum absolute atomic E-state index is 10.0. The van der Waals surface area contributed by atoms with Gasteiger partial charge in [0.05, 0.1) is 21.7 Å². The van der Waals surface area contributed by atoms with E-state index in [4.69, 9.17) is 11.6 Å². The molecule has 1 heterocycles. The number of aliphatic hydroxyl groups is 1. The van der Waals surface area contributed by atoms with Crippen molar-refractivity contribution in [3.05, 3.63) is 33.8 Å². The van der Waals surface area contributed by atoms with Crippen LogP contribution in [0.25, 0.3) is 10.6 Å². The van der Waals surface area contributed by atoms with Crippen molar-refractivity contribution in [2.24, 2.45) is 0 Å². The van der Waals surface area contributed by atoms with Crippen LogP contribution in [-0.2, 0) is 6.42 Å². The highest BCUT2D eigenvalue weighted by molar-refractivity contribution is 7.15. The molecule has 0 fully saturated rings. The molecule has 0 radical (unpaired) electrons. The fourth-order valence-corrected chi connectivity index (χ4v) is 3.96. The summed E-state index contributed by atoms with van der Waals surface area (Å²) in [7, 11) is 3.98.